The van der Waals surface area contributed by atoms with Gasteiger partial charge in [-0.2, -0.15) is 0 Å². The van der Waals surface area contributed by atoms with Crippen LogP contribution in [0.4, 0.5) is 8.78 Å². The molecule has 7 heteroatoms. The second-order valence-electron chi connectivity index (χ2n) is 6.42. The molecular formula is C17H23F2N3O2. The average Bonchev–Trinajstić information content (AvgIpc) is 2.94. The summed E-state index contributed by atoms with van der Waals surface area (Å²) in [5.74, 6) is -3.16. The summed E-state index contributed by atoms with van der Waals surface area (Å²) < 4.78 is 31.6. The summed E-state index contributed by atoms with van der Waals surface area (Å²) >= 11 is 0. The summed E-state index contributed by atoms with van der Waals surface area (Å²) in [4.78, 5) is 14.3. The molecule has 1 unspecified atom stereocenters. The van der Waals surface area contributed by atoms with E-state index in [0.29, 0.717) is 6.54 Å². The number of morpholine rings is 1. The van der Waals surface area contributed by atoms with Crippen LogP contribution in [0.2, 0.25) is 0 Å². The first kappa shape index (κ1) is 17.3. The molecule has 2 heterocycles. The number of hydrogen-bond donors (Lipinski definition) is 2. The predicted molar refractivity (Wildman–Crippen MR) is 85.7 cm³/mol. The van der Waals surface area contributed by atoms with Crippen molar-refractivity contribution >= 4 is 5.91 Å². The normalized spacial score (nSPS) is 24.0. The minimum Gasteiger partial charge on any atom is -0.379 e. The number of carbonyl (C=O) groups excluding carboxylic acids is 1. The second kappa shape index (κ2) is 7.55. The van der Waals surface area contributed by atoms with E-state index >= 15 is 0 Å². The van der Waals surface area contributed by atoms with E-state index in [1.807, 2.05) is 18.2 Å². The molecule has 1 aromatic carbocycles. The van der Waals surface area contributed by atoms with Crippen LogP contribution in [-0.4, -0.2) is 55.6 Å². The second-order valence-corrected chi connectivity index (χ2v) is 6.42. The minimum absolute atomic E-state index is 0.347. The third kappa shape index (κ3) is 4.72. The van der Waals surface area contributed by atoms with Gasteiger partial charge in [0.15, 0.2) is 0 Å². The fraction of sp³-hybridized carbons (Fsp3) is 0.588. The molecule has 2 saturated heterocycles. The lowest BCUT2D eigenvalue weighted by Gasteiger charge is -2.26. The van der Waals surface area contributed by atoms with Crippen molar-refractivity contribution in [3.05, 3.63) is 35.4 Å². The van der Waals surface area contributed by atoms with Crippen LogP contribution in [0, 0.1) is 0 Å². The first-order valence-corrected chi connectivity index (χ1v) is 8.29. The zero-order valence-electron chi connectivity index (χ0n) is 13.6. The maximum atomic E-state index is 13.1. The highest BCUT2D eigenvalue weighted by atomic mass is 19.3. The monoisotopic (exact) mass is 339 g/mol. The van der Waals surface area contributed by atoms with Crippen molar-refractivity contribution in [3.8, 4) is 0 Å². The van der Waals surface area contributed by atoms with Crippen LogP contribution in [0.15, 0.2) is 24.3 Å². The van der Waals surface area contributed by atoms with Crippen molar-refractivity contribution in [2.24, 2.45) is 0 Å². The molecule has 2 aliphatic heterocycles. The summed E-state index contributed by atoms with van der Waals surface area (Å²) in [6.45, 7) is 4.12. The van der Waals surface area contributed by atoms with E-state index in [2.05, 4.69) is 21.6 Å². The molecular weight excluding hydrogens is 316 g/mol. The van der Waals surface area contributed by atoms with Crippen molar-refractivity contribution in [3.63, 3.8) is 0 Å². The highest BCUT2D eigenvalue weighted by Crippen LogP contribution is 2.25. The van der Waals surface area contributed by atoms with Gasteiger partial charge in [0.1, 0.15) is 0 Å². The number of nitrogens with zero attached hydrogens (tertiary/aromatic N) is 1. The van der Waals surface area contributed by atoms with Crippen LogP contribution in [0.25, 0.3) is 0 Å². The Morgan fingerprint density at radius 1 is 1.33 bits per heavy atom. The number of rotatable bonds is 5. The van der Waals surface area contributed by atoms with E-state index in [9.17, 15) is 13.6 Å². The number of alkyl halides is 2. The fourth-order valence-electron chi connectivity index (χ4n) is 3.07. The Morgan fingerprint density at radius 2 is 2.08 bits per heavy atom. The van der Waals surface area contributed by atoms with Gasteiger partial charge >= 0.3 is 0 Å². The van der Waals surface area contributed by atoms with Crippen molar-refractivity contribution in [2.45, 2.75) is 31.5 Å². The van der Waals surface area contributed by atoms with Crippen LogP contribution in [0.3, 0.4) is 0 Å². The van der Waals surface area contributed by atoms with Crippen molar-refractivity contribution in [1.82, 2.24) is 15.5 Å². The van der Waals surface area contributed by atoms with Crippen molar-refractivity contribution in [1.29, 1.82) is 0 Å². The van der Waals surface area contributed by atoms with E-state index in [-0.39, 0.29) is 5.91 Å². The number of benzene rings is 1. The molecule has 132 valence electrons. The zero-order chi connectivity index (χ0) is 17.0. The first-order chi connectivity index (χ1) is 11.5. The third-order valence-corrected chi connectivity index (χ3v) is 4.39. The van der Waals surface area contributed by atoms with Gasteiger partial charge in [0.2, 0.25) is 5.91 Å². The van der Waals surface area contributed by atoms with E-state index in [1.165, 1.54) is 5.56 Å². The van der Waals surface area contributed by atoms with Crippen LogP contribution in [0.5, 0.6) is 0 Å². The maximum Gasteiger partial charge on any atom is 0.262 e. The molecule has 1 amide bonds. The number of carbonyl (C=O) groups is 1. The van der Waals surface area contributed by atoms with E-state index in [0.717, 1.165) is 38.4 Å². The van der Waals surface area contributed by atoms with Gasteiger partial charge in [0.05, 0.1) is 25.8 Å². The van der Waals surface area contributed by atoms with Gasteiger partial charge in [0.25, 0.3) is 5.92 Å². The Balaban J connectivity index is 1.50. The highest BCUT2D eigenvalue weighted by Gasteiger charge is 2.42. The Labute approximate surface area is 140 Å². The lowest BCUT2D eigenvalue weighted by atomic mass is 10.1. The largest absolute Gasteiger partial charge is 0.379 e. The molecule has 0 saturated carbocycles. The molecule has 24 heavy (non-hydrogen) atoms. The molecule has 3 rings (SSSR count). The zero-order valence-corrected chi connectivity index (χ0v) is 13.6. The topological polar surface area (TPSA) is 53.6 Å². The van der Waals surface area contributed by atoms with Crippen LogP contribution >= 0.6 is 0 Å². The number of amides is 1. The fourth-order valence-corrected chi connectivity index (χ4v) is 3.07. The minimum atomic E-state index is -2.79. The smallest absolute Gasteiger partial charge is 0.262 e. The quantitative estimate of drug-likeness (QED) is 0.845. The standard InChI is InChI=1S/C17H23F2N3O2/c18-17(19)9-15(21-12-17)16(23)20-10-13-2-1-3-14(8-13)11-22-4-6-24-7-5-22/h1-3,8,15,21H,4-7,9-12H2,(H,20,23). The van der Waals surface area contributed by atoms with E-state index in [1.54, 1.807) is 0 Å². The molecule has 1 aromatic rings. The molecule has 2 aliphatic rings. The van der Waals surface area contributed by atoms with Crippen molar-refractivity contribution in [2.75, 3.05) is 32.8 Å². The number of hydrogen-bond acceptors (Lipinski definition) is 4. The molecule has 0 bridgehead atoms. The summed E-state index contributed by atoms with van der Waals surface area (Å²) in [5, 5.41) is 5.31. The summed E-state index contributed by atoms with van der Waals surface area (Å²) in [6.07, 6.45) is -0.435. The van der Waals surface area contributed by atoms with Crippen LogP contribution in [0.1, 0.15) is 17.5 Å². The molecule has 5 nitrogen and oxygen atoms in total. The molecule has 2 N–H and O–H groups in total. The summed E-state index contributed by atoms with van der Waals surface area (Å²) in [7, 11) is 0. The van der Waals surface area contributed by atoms with Gasteiger partial charge < -0.3 is 10.1 Å². The van der Waals surface area contributed by atoms with Crippen LogP contribution in [-0.2, 0) is 22.6 Å². The molecule has 0 aliphatic carbocycles. The molecule has 0 spiro atoms. The maximum absolute atomic E-state index is 13.1. The predicted octanol–water partition coefficient (Wildman–Crippen LogP) is 1.13. The van der Waals surface area contributed by atoms with Gasteiger partial charge in [-0.15, -0.1) is 0 Å². The lowest BCUT2D eigenvalue weighted by molar-refractivity contribution is -0.123. The third-order valence-electron chi connectivity index (χ3n) is 4.39. The Kier molecular flexibility index (Phi) is 5.43. The Hall–Kier alpha value is -1.57. The average molecular weight is 339 g/mol. The van der Waals surface area contributed by atoms with Gasteiger partial charge in [-0.3, -0.25) is 15.0 Å². The van der Waals surface area contributed by atoms with E-state index < -0.39 is 24.9 Å². The van der Waals surface area contributed by atoms with Crippen molar-refractivity contribution < 1.29 is 18.3 Å². The molecule has 2 fully saturated rings. The number of ether oxygens (including phenoxy) is 1. The SMILES string of the molecule is O=C(NCc1cccc(CN2CCOCC2)c1)C1CC(F)(F)CN1. The molecule has 0 radical (unpaired) electrons. The van der Waals surface area contributed by atoms with Gasteiger partial charge in [-0.1, -0.05) is 24.3 Å². The van der Waals surface area contributed by atoms with Crippen LogP contribution < -0.4 is 10.6 Å². The Morgan fingerprint density at radius 3 is 2.79 bits per heavy atom. The number of halogens is 2. The first-order valence-electron chi connectivity index (χ1n) is 8.29. The molecule has 1 atom stereocenters. The summed E-state index contributed by atoms with van der Waals surface area (Å²) in [6, 6.07) is 7.18. The Bertz CT molecular complexity index is 577. The van der Waals surface area contributed by atoms with E-state index in [4.69, 9.17) is 4.74 Å². The van der Waals surface area contributed by atoms with Gasteiger partial charge in [0, 0.05) is 32.6 Å². The van der Waals surface area contributed by atoms with Gasteiger partial charge in [-0.05, 0) is 11.1 Å². The highest BCUT2D eigenvalue weighted by molar-refractivity contribution is 5.82. The molecule has 0 aromatic heterocycles. The van der Waals surface area contributed by atoms with Gasteiger partial charge in [-0.25, -0.2) is 8.78 Å². The number of nitrogens with one attached hydrogen (secondary N) is 2. The summed E-state index contributed by atoms with van der Waals surface area (Å²) in [5.41, 5.74) is 2.15. The lowest BCUT2D eigenvalue weighted by Crippen LogP contribution is -2.40.